The van der Waals surface area contributed by atoms with Gasteiger partial charge in [-0.15, -0.1) is 29.8 Å². The number of rotatable bonds is 15. The fraction of sp³-hybridized carbons (Fsp3) is 0.424. The molecule has 0 heterocycles. The summed E-state index contributed by atoms with van der Waals surface area (Å²) >= 11 is 0. The molecule has 0 saturated heterocycles. The first-order valence-electron chi connectivity index (χ1n) is 39.7. The number of carboxylic acid groups (broad SMARTS) is 1. The van der Waals surface area contributed by atoms with Gasteiger partial charge in [0.2, 0.25) is 11.8 Å². The van der Waals surface area contributed by atoms with Crippen LogP contribution < -0.4 is 16.8 Å². The van der Waals surface area contributed by atoms with Crippen LogP contribution in [0.15, 0.2) is 91.0 Å². The summed E-state index contributed by atoms with van der Waals surface area (Å²) in [6.07, 6.45) is 1.54. The molecule has 0 unspecified atom stereocenters. The predicted octanol–water partition coefficient (Wildman–Crippen LogP) is 31.7. The molecule has 0 saturated carbocycles. The third-order valence-corrected chi connectivity index (χ3v) is 25.4. The van der Waals surface area contributed by atoms with E-state index in [9.17, 15) is 33.6 Å². The first kappa shape index (κ1) is 144. The summed E-state index contributed by atoms with van der Waals surface area (Å²) < 4.78 is 0. The molecule has 0 fully saturated rings. The zero-order valence-corrected chi connectivity index (χ0v) is 78.8. The maximum absolute atomic E-state index is 12.9. The van der Waals surface area contributed by atoms with E-state index in [1.165, 1.54) is 145 Å². The predicted molar refractivity (Wildman–Crippen MR) is 574 cm³/mol. The van der Waals surface area contributed by atoms with Crippen molar-refractivity contribution in [2.75, 3.05) is 12.8 Å². The van der Waals surface area contributed by atoms with Crippen LogP contribution in [-0.2, 0) is 58.4 Å². The summed E-state index contributed by atoms with van der Waals surface area (Å²) in [5.74, 6) is -1.28. The number of nitrogens with zero attached hydrogens (tertiary/aromatic N) is 1. The second-order valence-electron chi connectivity index (χ2n) is 31.9. The smallest absolute Gasteiger partial charge is 0.335 e. The van der Waals surface area contributed by atoms with E-state index < -0.39 is 11.9 Å². The van der Waals surface area contributed by atoms with Crippen LogP contribution in [0, 0.1) is 232 Å². The van der Waals surface area contributed by atoms with Crippen LogP contribution >= 0.6 is 0 Å². The molecule has 10 rings (SSSR count). The van der Waals surface area contributed by atoms with Gasteiger partial charge in [-0.2, -0.15) is 5.26 Å². The van der Waals surface area contributed by atoms with E-state index >= 15 is 0 Å². The maximum Gasteiger partial charge on any atom is 0.335 e. The monoisotopic (exact) mass is 1870 g/mol. The van der Waals surface area contributed by atoms with Gasteiger partial charge in [-0.1, -0.05) is 151 Å². The Morgan fingerprint density at radius 2 is 0.557 bits per heavy atom. The van der Waals surface area contributed by atoms with Crippen molar-refractivity contribution in [3.63, 3.8) is 0 Å². The van der Waals surface area contributed by atoms with Gasteiger partial charge in [0.15, 0.2) is 17.3 Å². The van der Waals surface area contributed by atoms with Gasteiger partial charge in [-0.05, 0) is 440 Å². The van der Waals surface area contributed by atoms with Crippen LogP contribution in [0.4, 0.5) is 5.69 Å². The third kappa shape index (κ3) is 34.3. The fourth-order valence-electron chi connectivity index (χ4n) is 14.9. The molecule has 0 aliphatic carbocycles. The molecule has 0 aromatic heterocycles. The number of benzene rings is 10. The zero-order valence-electron chi connectivity index (χ0n) is 76.0. The van der Waals surface area contributed by atoms with E-state index in [2.05, 4.69) is 197 Å². The van der Waals surface area contributed by atoms with Gasteiger partial charge in [0.25, 0.3) is 0 Å². The molecule has 2 amide bonds. The molecule has 0 aliphatic heterocycles. The number of aromatic carboxylic acids is 1. The summed E-state index contributed by atoms with van der Waals surface area (Å²) in [6, 6.07) is 31.8. The topological polar surface area (TPSA) is 228 Å². The van der Waals surface area contributed by atoms with Gasteiger partial charge in [0.05, 0.1) is 23.0 Å². The number of nitriles is 1. The number of carboxylic acids is 1. The number of carbonyl (C=O) groups excluding carboxylic acids is 6. The number of amides is 2. The van der Waals surface area contributed by atoms with Crippen molar-refractivity contribution in [1.82, 2.24) is 5.32 Å². The second-order valence-corrected chi connectivity index (χ2v) is 31.9. The Labute approximate surface area is 827 Å². The minimum absolute atomic E-state index is 0. The van der Waals surface area contributed by atoms with Crippen LogP contribution in [0.2, 0.25) is 0 Å². The number of ketones is 4. The van der Waals surface area contributed by atoms with E-state index in [4.69, 9.17) is 21.8 Å². The van der Waals surface area contributed by atoms with E-state index in [1.54, 1.807) is 68.6 Å². The second kappa shape index (κ2) is 62.2. The number of Topliss-reactive ketones (excluding diaryl/α,β-unsaturated/α-hetero) is 4. The molecule has 12 nitrogen and oxygen atoms in total. The minimum atomic E-state index is -0.855. The van der Waals surface area contributed by atoms with Crippen LogP contribution in [0.1, 0.15) is 377 Å². The molecule has 10 aromatic rings. The van der Waals surface area contributed by atoms with Crippen LogP contribution in [0.5, 0.6) is 0 Å². The first-order chi connectivity index (χ1) is 54.0. The van der Waals surface area contributed by atoms with Crippen LogP contribution in [0.25, 0.3) is 0 Å². The molecule has 0 bridgehead atoms. The minimum Gasteiger partial charge on any atom is -0.478 e. The van der Waals surface area contributed by atoms with Crippen LogP contribution in [-0.4, -0.2) is 53.1 Å². The summed E-state index contributed by atoms with van der Waals surface area (Å²) in [7, 11) is 1.57. The van der Waals surface area contributed by atoms with Crippen molar-refractivity contribution in [3.05, 3.63) is 336 Å². The van der Waals surface area contributed by atoms with Crippen LogP contribution in [0.3, 0.4) is 0 Å². The van der Waals surface area contributed by atoms with Gasteiger partial charge >= 0.3 is 5.97 Å². The zero-order chi connectivity index (χ0) is 88.0. The molecule has 725 valence electrons. The maximum atomic E-state index is 12.9. The standard InChI is InChI=1S/C21H25NO2.C21H24NO2.C21H23NO.C21H26O.C11H17N.C9H10O2.14CH4.Y/c1-11-7-8-17(21(22)24)9-18(11)20(23)10-19-15(5)13(3)12(2)14(4)16(19)6;1-12-13(2)15(4)19(16(5)14(12)3)11-20(23)17-8-7-9-18(10-17)21(24)22-6;1-12-7-8-18(11-22)9-19(12)21(23)10-20-16(5)14(3)13(2)15(4)17(20)6;1-12-8-9-13(2)19(10-12)21(22)11-20-17(6)15(4)14(3)16(5)18(20)7;1-6-7(2)9(4)11(12)10(5)8(6)3;1-6-3-4-7(2)8(5-6)9(10)11;;;;;;;;;;;;;;;/h7-9H,10H2,1-6H3,(H2,22,24);7,9-10H,11H2,1-6H3,(H,22,24);7-9H,10H2,1-6H3;8-10H,11H2,1-7H3;12H2,1-5H3;3-5H,1-2H3,(H,10,11);14*1H4;/q;-1;;;;;;;;;;;;;;;;;;;. The average Bonchev–Trinajstić information content (AvgIpc) is 0.713. The molecule has 13 heteroatoms. The quantitative estimate of drug-likeness (QED) is 0.0431. The Morgan fingerprint density at radius 3 is 0.832 bits per heavy atom. The molecule has 6 N–H and O–H groups in total. The first-order valence-corrected chi connectivity index (χ1v) is 39.7. The van der Waals surface area contributed by atoms with Crippen molar-refractivity contribution >= 4 is 46.6 Å². The molecular weight excluding hydrogens is 1690 g/mol. The van der Waals surface area contributed by atoms with Crippen molar-refractivity contribution in [2.24, 2.45) is 5.73 Å². The SMILES string of the molecule is C.C.C.C.C.C.C.C.C.C.C.C.C.C.CNC(=O)c1cc[c-]c(C(=O)Cc2c(C)c(C)c(C)c(C)c2C)c1.Cc1c(C)c(C)c(N)c(C)c1C.Cc1ccc(C#N)cc1C(=O)Cc1c(C)c(C)c(C)c(C)c1C.Cc1ccc(C(N)=O)cc1C(=O)Cc1c(C)c(C)c(C)c(C)c1C.Cc1ccc(C)c(C(=O)Cc2c(C)c(C)c(C)c(C)c2C)c1.Cc1ccc(C)c(C(=O)O)c1.[Y]. The summed E-state index contributed by atoms with van der Waals surface area (Å²) in [5, 5.41) is 20.3. The molecule has 0 aliphatic rings. The number of anilines is 1. The van der Waals surface area contributed by atoms with Gasteiger partial charge in [-0.25, -0.2) is 4.79 Å². The van der Waals surface area contributed by atoms with Gasteiger partial charge in [-0.3, -0.25) is 24.0 Å². The Bertz CT molecular complexity index is 5380. The molecule has 0 spiro atoms. The summed E-state index contributed by atoms with van der Waals surface area (Å²) in [5.41, 5.74) is 58.3. The number of aryl methyl sites for hydroxylation is 6. The number of hydrogen-bond acceptors (Lipinski definition) is 9. The van der Waals surface area contributed by atoms with E-state index in [1.807, 2.05) is 65.0 Å². The Hall–Kier alpha value is -10.3. The van der Waals surface area contributed by atoms with Gasteiger partial charge in [0.1, 0.15) is 0 Å². The van der Waals surface area contributed by atoms with Crippen molar-refractivity contribution in [3.8, 4) is 6.07 Å². The molecule has 131 heavy (non-hydrogen) atoms. The summed E-state index contributed by atoms with van der Waals surface area (Å²) in [4.78, 5) is 84.9. The van der Waals surface area contributed by atoms with E-state index in [0.29, 0.717) is 64.6 Å². The van der Waals surface area contributed by atoms with Gasteiger partial charge < -0.3 is 26.7 Å². The van der Waals surface area contributed by atoms with Gasteiger partial charge in [0, 0.05) is 93.4 Å². The molecule has 0 atom stereocenters. The van der Waals surface area contributed by atoms with Crippen molar-refractivity contribution in [1.29, 1.82) is 5.26 Å². The largest absolute Gasteiger partial charge is 0.478 e. The van der Waals surface area contributed by atoms with Crippen molar-refractivity contribution < 1.29 is 71.4 Å². The molecular formula is C118H181N4O8Y-. The Kier molecular flexibility index (Phi) is 68.2. The Morgan fingerprint density at radius 1 is 0.313 bits per heavy atom. The number of primary amides is 1. The third-order valence-electron chi connectivity index (χ3n) is 25.4. The van der Waals surface area contributed by atoms with E-state index in [0.717, 1.165) is 61.3 Å². The number of nitrogens with two attached hydrogens (primary N) is 2. The molecule has 10 aromatic carbocycles. The van der Waals surface area contributed by atoms with Crippen molar-refractivity contribution in [2.45, 2.75) is 344 Å². The number of nitrogens with one attached hydrogen (secondary N) is 1. The average molecular weight is 1870 g/mol. The van der Waals surface area contributed by atoms with E-state index in [-0.39, 0.29) is 166 Å². The normalized spacial score (nSPS) is 9.34. The number of nitrogen functional groups attached to an aromatic ring is 1. The number of carbonyl (C=O) groups is 7. The Balaban J connectivity index is -0.000000146. The molecule has 1 radical (unpaired) electrons. The number of hydrogen-bond donors (Lipinski definition) is 4. The fourth-order valence-corrected chi connectivity index (χ4v) is 14.9. The summed E-state index contributed by atoms with van der Waals surface area (Å²) in [6.45, 7) is 64.4.